The number of nitro groups is 1. The summed E-state index contributed by atoms with van der Waals surface area (Å²) in [4.78, 5) is 38.2. The first-order chi connectivity index (χ1) is 13.5. The Hall–Kier alpha value is -3.33. The molecule has 144 valence electrons. The number of hydrogen-bond acceptors (Lipinski definition) is 7. The molecule has 1 heterocycles. The maximum atomic E-state index is 11.8. The molecule has 3 rings (SSSR count). The summed E-state index contributed by atoms with van der Waals surface area (Å²) in [7, 11) is 0. The number of non-ortho nitro benzene ring substituents is 1. The number of nitrogens with zero attached hydrogens (tertiary/aromatic N) is 2. The van der Waals surface area contributed by atoms with Gasteiger partial charge in [-0.1, -0.05) is 12.1 Å². The van der Waals surface area contributed by atoms with Crippen molar-refractivity contribution in [1.29, 1.82) is 0 Å². The number of ether oxygens (including phenoxy) is 1. The second-order valence-corrected chi connectivity index (χ2v) is 7.06. The molecule has 9 heteroatoms. The summed E-state index contributed by atoms with van der Waals surface area (Å²) < 4.78 is 6.07. The minimum Gasteiger partial charge on any atom is -0.456 e. The lowest BCUT2D eigenvalue weighted by Crippen LogP contribution is -2.20. The molecule has 0 saturated heterocycles. The fraction of sp³-hybridized carbons (Fsp3) is 0.211. The van der Waals surface area contributed by atoms with Crippen LogP contribution < -0.4 is 5.32 Å². The molecule has 28 heavy (non-hydrogen) atoms. The van der Waals surface area contributed by atoms with Crippen molar-refractivity contribution in [2.24, 2.45) is 0 Å². The molecule has 0 fully saturated rings. The molecule has 0 aliphatic rings. The molecule has 0 spiro atoms. The molecule has 1 aromatic heterocycles. The van der Waals surface area contributed by atoms with Crippen LogP contribution in [0.2, 0.25) is 0 Å². The van der Waals surface area contributed by atoms with E-state index < -0.39 is 23.4 Å². The number of esters is 1. The molecular weight excluding hydrogens is 382 g/mol. The summed E-state index contributed by atoms with van der Waals surface area (Å²) in [5, 5.41) is 14.1. The van der Waals surface area contributed by atoms with Crippen LogP contribution in [0.5, 0.6) is 0 Å². The number of anilines is 1. The topological polar surface area (TPSA) is 111 Å². The van der Waals surface area contributed by atoms with Gasteiger partial charge in [0.15, 0.2) is 6.61 Å². The van der Waals surface area contributed by atoms with E-state index in [2.05, 4.69) is 10.3 Å². The SMILES string of the molecule is O=C(COC(=O)CCCc1nc2ccccc2s1)Nc1ccc([N+](=O)[O-])cc1. The molecule has 0 aliphatic heterocycles. The van der Waals surface area contributed by atoms with Gasteiger partial charge in [0, 0.05) is 24.2 Å². The number of carbonyl (C=O) groups is 2. The van der Waals surface area contributed by atoms with Gasteiger partial charge in [0.2, 0.25) is 0 Å². The largest absolute Gasteiger partial charge is 0.456 e. The number of rotatable bonds is 8. The van der Waals surface area contributed by atoms with Crippen molar-refractivity contribution in [3.05, 3.63) is 63.7 Å². The van der Waals surface area contributed by atoms with Gasteiger partial charge in [-0.15, -0.1) is 11.3 Å². The Balaban J connectivity index is 1.37. The molecule has 3 aromatic rings. The Kier molecular flexibility index (Phi) is 6.28. The third kappa shape index (κ3) is 5.34. The lowest BCUT2D eigenvalue weighted by Gasteiger charge is -2.06. The van der Waals surface area contributed by atoms with E-state index in [-0.39, 0.29) is 12.1 Å². The Morgan fingerprint density at radius 2 is 1.89 bits per heavy atom. The van der Waals surface area contributed by atoms with Gasteiger partial charge in [-0.3, -0.25) is 19.7 Å². The summed E-state index contributed by atoms with van der Waals surface area (Å²) in [6, 6.07) is 13.2. The van der Waals surface area contributed by atoms with Gasteiger partial charge in [-0.05, 0) is 37.1 Å². The zero-order valence-corrected chi connectivity index (χ0v) is 15.6. The normalized spacial score (nSPS) is 10.6. The summed E-state index contributed by atoms with van der Waals surface area (Å²) in [6.45, 7) is -0.406. The number of aryl methyl sites for hydroxylation is 1. The van der Waals surface area contributed by atoms with E-state index in [4.69, 9.17) is 4.74 Å². The van der Waals surface area contributed by atoms with Crippen LogP contribution >= 0.6 is 11.3 Å². The van der Waals surface area contributed by atoms with Crippen molar-refractivity contribution in [3.63, 3.8) is 0 Å². The van der Waals surface area contributed by atoms with E-state index in [1.165, 1.54) is 24.3 Å². The highest BCUT2D eigenvalue weighted by molar-refractivity contribution is 7.18. The van der Waals surface area contributed by atoms with Crippen LogP contribution in [0.3, 0.4) is 0 Å². The smallest absolute Gasteiger partial charge is 0.306 e. The monoisotopic (exact) mass is 399 g/mol. The lowest BCUT2D eigenvalue weighted by molar-refractivity contribution is -0.384. The number of amides is 1. The van der Waals surface area contributed by atoms with Crippen LogP contribution in [0.25, 0.3) is 10.2 Å². The Morgan fingerprint density at radius 1 is 1.14 bits per heavy atom. The average molecular weight is 399 g/mol. The number of hydrogen-bond donors (Lipinski definition) is 1. The lowest BCUT2D eigenvalue weighted by atomic mass is 10.2. The van der Waals surface area contributed by atoms with Crippen LogP contribution in [0.15, 0.2) is 48.5 Å². The van der Waals surface area contributed by atoms with Crippen molar-refractivity contribution in [3.8, 4) is 0 Å². The van der Waals surface area contributed by atoms with Gasteiger partial charge < -0.3 is 10.1 Å². The van der Waals surface area contributed by atoms with E-state index in [1.54, 1.807) is 11.3 Å². The molecule has 0 bridgehead atoms. The second-order valence-electron chi connectivity index (χ2n) is 5.94. The van der Waals surface area contributed by atoms with Crippen molar-refractivity contribution in [2.45, 2.75) is 19.3 Å². The van der Waals surface area contributed by atoms with Crippen LogP contribution in [0.4, 0.5) is 11.4 Å². The van der Waals surface area contributed by atoms with E-state index in [1.807, 2.05) is 24.3 Å². The highest BCUT2D eigenvalue weighted by atomic mass is 32.1. The fourth-order valence-corrected chi connectivity index (χ4v) is 3.50. The fourth-order valence-electron chi connectivity index (χ4n) is 2.49. The molecule has 1 amide bonds. The third-order valence-electron chi connectivity index (χ3n) is 3.84. The number of aromatic nitrogens is 1. The number of benzene rings is 2. The molecule has 0 radical (unpaired) electrons. The van der Waals surface area contributed by atoms with Crippen molar-refractivity contribution >= 4 is 44.8 Å². The Bertz CT molecular complexity index is 967. The first-order valence-electron chi connectivity index (χ1n) is 8.55. The summed E-state index contributed by atoms with van der Waals surface area (Å²) in [5.41, 5.74) is 1.27. The highest BCUT2D eigenvalue weighted by Crippen LogP contribution is 2.22. The predicted molar refractivity (Wildman–Crippen MR) is 105 cm³/mol. The molecular formula is C19H17N3O5S. The first-order valence-corrected chi connectivity index (χ1v) is 9.37. The van der Waals surface area contributed by atoms with E-state index in [0.29, 0.717) is 18.5 Å². The molecule has 2 aromatic carbocycles. The van der Waals surface area contributed by atoms with E-state index >= 15 is 0 Å². The van der Waals surface area contributed by atoms with Crippen molar-refractivity contribution in [2.75, 3.05) is 11.9 Å². The van der Waals surface area contributed by atoms with Crippen LogP contribution in [0.1, 0.15) is 17.8 Å². The molecule has 0 unspecified atom stereocenters. The van der Waals surface area contributed by atoms with Crippen LogP contribution in [-0.4, -0.2) is 28.4 Å². The van der Waals surface area contributed by atoms with Crippen molar-refractivity contribution < 1.29 is 19.2 Å². The van der Waals surface area contributed by atoms with E-state index in [0.717, 1.165) is 15.2 Å². The standard InChI is InChI=1S/C19H17N3O5S/c23-17(20-13-8-10-14(11-9-13)22(25)26)12-27-19(24)7-3-6-18-21-15-4-1-2-5-16(15)28-18/h1-2,4-5,8-11H,3,6-7,12H2,(H,20,23). The van der Waals surface area contributed by atoms with Gasteiger partial charge in [-0.2, -0.15) is 0 Å². The minimum atomic E-state index is -0.526. The van der Waals surface area contributed by atoms with E-state index in [9.17, 15) is 19.7 Å². The minimum absolute atomic E-state index is 0.0717. The third-order valence-corrected chi connectivity index (χ3v) is 4.93. The van der Waals surface area contributed by atoms with Crippen molar-refractivity contribution in [1.82, 2.24) is 4.98 Å². The summed E-state index contributed by atoms with van der Waals surface area (Å²) in [6.07, 6.45) is 1.45. The Labute approximate surface area is 164 Å². The quantitative estimate of drug-likeness (QED) is 0.351. The molecule has 0 atom stereocenters. The zero-order valence-electron chi connectivity index (χ0n) is 14.8. The maximum absolute atomic E-state index is 11.8. The Morgan fingerprint density at radius 3 is 2.61 bits per heavy atom. The maximum Gasteiger partial charge on any atom is 0.306 e. The number of nitro benzene ring substituents is 1. The average Bonchev–Trinajstić information content (AvgIpc) is 3.09. The van der Waals surface area contributed by atoms with Gasteiger partial charge in [-0.25, -0.2) is 4.98 Å². The number of thiazole rings is 1. The number of para-hydroxylation sites is 1. The predicted octanol–water partition coefficient (Wildman–Crippen LogP) is 3.71. The zero-order chi connectivity index (χ0) is 19.9. The van der Waals surface area contributed by atoms with Crippen LogP contribution in [0, 0.1) is 10.1 Å². The second kappa shape index (κ2) is 9.05. The molecule has 0 saturated carbocycles. The number of fused-ring (bicyclic) bond motifs is 1. The first kappa shape index (κ1) is 19.4. The number of nitrogens with one attached hydrogen (secondary N) is 1. The summed E-state index contributed by atoms with van der Waals surface area (Å²) in [5.74, 6) is -0.965. The van der Waals surface area contributed by atoms with Gasteiger partial charge in [0.1, 0.15) is 0 Å². The van der Waals surface area contributed by atoms with Gasteiger partial charge >= 0.3 is 5.97 Å². The number of carbonyl (C=O) groups excluding carboxylic acids is 2. The van der Waals surface area contributed by atoms with Gasteiger partial charge in [0.25, 0.3) is 11.6 Å². The molecule has 8 nitrogen and oxygen atoms in total. The van der Waals surface area contributed by atoms with Gasteiger partial charge in [0.05, 0.1) is 20.1 Å². The highest BCUT2D eigenvalue weighted by Gasteiger charge is 2.10. The molecule has 1 N–H and O–H groups in total. The van der Waals surface area contributed by atoms with Crippen LogP contribution in [-0.2, 0) is 20.7 Å². The summed E-state index contributed by atoms with van der Waals surface area (Å²) >= 11 is 1.60. The molecule has 0 aliphatic carbocycles.